The SMILES string of the molecule is c1ccc(N(c2ccccc2)c2ccc(-c3ccc(N(c4ccc(-c5ccc6c7ccccc7c7ccccc7c6c5)cc4)c4ccc(-c5ccc6c(c5)c5ccccc5n6-c5ccccc5)cc4)cc3)cc2)cc1. The number of rotatable bonds is 10. The molecule has 352 valence electrons. The smallest absolute Gasteiger partial charge is 0.0541 e. The van der Waals surface area contributed by atoms with Crippen molar-refractivity contribution in [1.29, 1.82) is 0 Å². The van der Waals surface area contributed by atoms with Crippen LogP contribution in [0.1, 0.15) is 0 Å². The van der Waals surface area contributed by atoms with Crippen LogP contribution in [0.15, 0.2) is 297 Å². The summed E-state index contributed by atoms with van der Waals surface area (Å²) in [5.74, 6) is 0. The largest absolute Gasteiger partial charge is 0.311 e. The van der Waals surface area contributed by atoms with E-state index in [-0.39, 0.29) is 0 Å². The number of aromatic nitrogens is 1. The summed E-state index contributed by atoms with van der Waals surface area (Å²) in [6, 6.07) is 108. The van der Waals surface area contributed by atoms with E-state index in [1.165, 1.54) is 76.4 Å². The van der Waals surface area contributed by atoms with Crippen LogP contribution in [0.5, 0.6) is 0 Å². The van der Waals surface area contributed by atoms with E-state index in [0.717, 1.165) is 50.9 Å². The predicted molar refractivity (Wildman–Crippen MR) is 319 cm³/mol. The van der Waals surface area contributed by atoms with Crippen LogP contribution >= 0.6 is 0 Å². The van der Waals surface area contributed by atoms with E-state index in [0.29, 0.717) is 0 Å². The molecule has 0 unspecified atom stereocenters. The van der Waals surface area contributed by atoms with Gasteiger partial charge in [-0.15, -0.1) is 0 Å². The van der Waals surface area contributed by atoms with Gasteiger partial charge in [-0.3, -0.25) is 0 Å². The molecule has 1 heterocycles. The van der Waals surface area contributed by atoms with E-state index in [2.05, 4.69) is 312 Å². The first kappa shape index (κ1) is 43.8. The molecule has 0 aliphatic rings. The minimum absolute atomic E-state index is 1.08. The van der Waals surface area contributed by atoms with Gasteiger partial charge in [-0.25, -0.2) is 0 Å². The quantitative estimate of drug-likeness (QED) is 0.127. The van der Waals surface area contributed by atoms with Crippen molar-refractivity contribution in [3.8, 4) is 39.1 Å². The second-order valence-electron chi connectivity index (χ2n) is 19.3. The van der Waals surface area contributed by atoms with Crippen molar-refractivity contribution in [2.45, 2.75) is 0 Å². The van der Waals surface area contributed by atoms with Crippen molar-refractivity contribution < 1.29 is 0 Å². The van der Waals surface area contributed by atoms with Gasteiger partial charge < -0.3 is 14.4 Å². The summed E-state index contributed by atoms with van der Waals surface area (Å²) in [5, 5.41) is 10.2. The van der Waals surface area contributed by atoms with E-state index in [1.807, 2.05) is 0 Å². The molecular weight excluding hydrogens is 907 g/mol. The van der Waals surface area contributed by atoms with Crippen molar-refractivity contribution in [1.82, 2.24) is 4.57 Å². The fourth-order valence-corrected chi connectivity index (χ4v) is 11.4. The normalized spacial score (nSPS) is 11.5. The zero-order chi connectivity index (χ0) is 49.7. The summed E-state index contributed by atoms with van der Waals surface area (Å²) in [5.41, 5.74) is 17.2. The van der Waals surface area contributed by atoms with Crippen LogP contribution in [-0.4, -0.2) is 4.57 Å². The first-order valence-corrected chi connectivity index (χ1v) is 25.7. The van der Waals surface area contributed by atoms with Crippen LogP contribution in [0.4, 0.5) is 34.1 Å². The third-order valence-electron chi connectivity index (χ3n) is 15.0. The third kappa shape index (κ3) is 7.86. The molecule has 0 bridgehead atoms. The first-order chi connectivity index (χ1) is 37.2. The lowest BCUT2D eigenvalue weighted by Gasteiger charge is -2.26. The number of nitrogens with zero attached hydrogens (tertiary/aromatic N) is 3. The highest BCUT2D eigenvalue weighted by atomic mass is 15.1. The molecule has 75 heavy (non-hydrogen) atoms. The summed E-state index contributed by atoms with van der Waals surface area (Å²) in [6.45, 7) is 0. The predicted octanol–water partition coefficient (Wildman–Crippen LogP) is 20.2. The van der Waals surface area contributed by atoms with Gasteiger partial charge in [0.2, 0.25) is 0 Å². The second kappa shape index (κ2) is 18.6. The summed E-state index contributed by atoms with van der Waals surface area (Å²) in [7, 11) is 0. The van der Waals surface area contributed by atoms with Gasteiger partial charge in [0.05, 0.1) is 11.0 Å². The van der Waals surface area contributed by atoms with E-state index in [1.54, 1.807) is 0 Å². The number of anilines is 6. The summed E-state index contributed by atoms with van der Waals surface area (Å²) >= 11 is 0. The fourth-order valence-electron chi connectivity index (χ4n) is 11.4. The van der Waals surface area contributed by atoms with Gasteiger partial charge in [0, 0.05) is 50.6 Å². The van der Waals surface area contributed by atoms with Gasteiger partial charge in [-0.1, -0.05) is 188 Å². The van der Waals surface area contributed by atoms with Crippen LogP contribution in [0.2, 0.25) is 0 Å². The first-order valence-electron chi connectivity index (χ1n) is 25.7. The molecule has 0 fully saturated rings. The number of fused-ring (bicyclic) bond motifs is 9. The summed E-state index contributed by atoms with van der Waals surface area (Å²) in [4.78, 5) is 4.67. The van der Waals surface area contributed by atoms with Crippen molar-refractivity contribution in [2.75, 3.05) is 9.80 Å². The highest BCUT2D eigenvalue weighted by molar-refractivity contribution is 6.25. The van der Waals surface area contributed by atoms with Crippen molar-refractivity contribution >= 4 is 88.2 Å². The molecular formula is C72H49N3. The van der Waals surface area contributed by atoms with Crippen molar-refractivity contribution in [2.24, 2.45) is 0 Å². The van der Waals surface area contributed by atoms with Gasteiger partial charge in [-0.05, 0) is 175 Å². The topological polar surface area (TPSA) is 11.4 Å². The molecule has 0 N–H and O–H groups in total. The molecule has 0 atom stereocenters. The van der Waals surface area contributed by atoms with E-state index in [9.17, 15) is 0 Å². The minimum atomic E-state index is 1.08. The van der Waals surface area contributed by atoms with E-state index < -0.39 is 0 Å². The maximum Gasteiger partial charge on any atom is 0.0541 e. The van der Waals surface area contributed by atoms with Crippen molar-refractivity contribution in [3.05, 3.63) is 297 Å². The van der Waals surface area contributed by atoms with Crippen LogP contribution in [-0.2, 0) is 0 Å². The zero-order valence-electron chi connectivity index (χ0n) is 41.1. The zero-order valence-corrected chi connectivity index (χ0v) is 41.1. The Morgan fingerprint density at radius 2 is 0.480 bits per heavy atom. The Bertz CT molecular complexity index is 4280. The molecule has 0 saturated heterocycles. The van der Waals surface area contributed by atoms with Gasteiger partial charge >= 0.3 is 0 Å². The molecule has 14 aromatic rings. The maximum atomic E-state index is 2.37. The highest BCUT2D eigenvalue weighted by Crippen LogP contribution is 2.42. The lowest BCUT2D eigenvalue weighted by Crippen LogP contribution is -2.10. The van der Waals surface area contributed by atoms with Gasteiger partial charge in [0.25, 0.3) is 0 Å². The van der Waals surface area contributed by atoms with Crippen molar-refractivity contribution in [3.63, 3.8) is 0 Å². The molecule has 3 heteroatoms. The molecule has 3 nitrogen and oxygen atoms in total. The Kier molecular flexibility index (Phi) is 10.8. The number of hydrogen-bond donors (Lipinski definition) is 0. The summed E-state index contributed by atoms with van der Waals surface area (Å²) in [6.07, 6.45) is 0. The Morgan fingerprint density at radius 1 is 0.187 bits per heavy atom. The fraction of sp³-hybridized carbons (Fsp3) is 0. The molecule has 1 aromatic heterocycles. The molecule has 0 aliphatic carbocycles. The Hall–Kier alpha value is -9.96. The standard InChI is InChI=1S/C72H49N3/c1-4-16-56(17-5-1)73(57-18-6-2-7-19-57)59-38-28-50(29-39-59)51-30-40-60(41-31-51)74(61-42-32-52(33-43-61)54-36-46-67-65-24-11-10-22-63(65)64-23-12-13-25-66(64)69(67)48-54)62-44-34-53(35-45-62)55-37-47-72-70(49-55)68-26-14-15-27-71(68)75(72)58-20-8-3-9-21-58/h1-49H. The molecule has 14 rings (SSSR count). The Morgan fingerprint density at radius 3 is 0.933 bits per heavy atom. The summed E-state index contributed by atoms with van der Waals surface area (Å²) < 4.78 is 2.37. The lowest BCUT2D eigenvalue weighted by atomic mass is 9.92. The minimum Gasteiger partial charge on any atom is -0.311 e. The highest BCUT2D eigenvalue weighted by Gasteiger charge is 2.18. The molecule has 0 amide bonds. The molecule has 13 aromatic carbocycles. The number of hydrogen-bond acceptors (Lipinski definition) is 2. The average Bonchev–Trinajstić information content (AvgIpc) is 3.82. The second-order valence-corrected chi connectivity index (χ2v) is 19.3. The van der Waals surface area contributed by atoms with Crippen LogP contribution in [0.3, 0.4) is 0 Å². The van der Waals surface area contributed by atoms with Crippen LogP contribution < -0.4 is 9.80 Å². The molecule has 0 spiro atoms. The molecule has 0 saturated carbocycles. The Balaban J connectivity index is 0.826. The van der Waals surface area contributed by atoms with Gasteiger partial charge in [0.1, 0.15) is 0 Å². The number of para-hydroxylation sites is 4. The Labute approximate surface area is 436 Å². The average molecular weight is 956 g/mol. The van der Waals surface area contributed by atoms with Crippen LogP contribution in [0, 0.1) is 0 Å². The van der Waals surface area contributed by atoms with Gasteiger partial charge in [-0.2, -0.15) is 0 Å². The third-order valence-corrected chi connectivity index (χ3v) is 15.0. The van der Waals surface area contributed by atoms with E-state index in [4.69, 9.17) is 0 Å². The monoisotopic (exact) mass is 955 g/mol. The molecule has 0 aliphatic heterocycles. The lowest BCUT2D eigenvalue weighted by molar-refractivity contribution is 1.18. The maximum absolute atomic E-state index is 2.37. The van der Waals surface area contributed by atoms with E-state index >= 15 is 0 Å². The van der Waals surface area contributed by atoms with Crippen LogP contribution in [0.25, 0.3) is 93.2 Å². The number of benzene rings is 13. The molecule has 0 radical (unpaired) electrons. The van der Waals surface area contributed by atoms with Gasteiger partial charge in [0.15, 0.2) is 0 Å².